The molecule has 0 aliphatic heterocycles. The summed E-state index contributed by atoms with van der Waals surface area (Å²) in [4.78, 5) is 11.8. The number of hydrogen-bond acceptors (Lipinski definition) is 5. The summed E-state index contributed by atoms with van der Waals surface area (Å²) >= 11 is 6.25. The van der Waals surface area contributed by atoms with Crippen molar-refractivity contribution >= 4 is 38.7 Å². The second-order valence-electron chi connectivity index (χ2n) is 6.57. The van der Waals surface area contributed by atoms with Crippen LogP contribution >= 0.6 is 11.6 Å². The van der Waals surface area contributed by atoms with Crippen molar-refractivity contribution in [3.63, 3.8) is 0 Å². The van der Waals surface area contributed by atoms with Crippen LogP contribution in [0.15, 0.2) is 47.4 Å². The minimum atomic E-state index is -5.22. The van der Waals surface area contributed by atoms with Crippen LogP contribution in [0.2, 0.25) is 5.02 Å². The van der Waals surface area contributed by atoms with Crippen LogP contribution in [0, 0.1) is 0 Å². The summed E-state index contributed by atoms with van der Waals surface area (Å²) < 4.78 is 63.6. The van der Waals surface area contributed by atoms with E-state index in [9.17, 15) is 31.5 Å². The Morgan fingerprint density at radius 3 is 2.27 bits per heavy atom. The van der Waals surface area contributed by atoms with Gasteiger partial charge in [0.25, 0.3) is 5.91 Å². The normalized spacial score (nSPS) is 14.1. The first-order valence-electron chi connectivity index (χ1n) is 8.75. The highest BCUT2D eigenvalue weighted by Crippen LogP contribution is 2.38. The molecule has 6 nitrogen and oxygen atoms in total. The van der Waals surface area contributed by atoms with E-state index in [1.807, 2.05) is 5.32 Å². The molecule has 0 heterocycles. The average Bonchev–Trinajstić information content (AvgIpc) is 2.68. The van der Waals surface area contributed by atoms with Gasteiger partial charge >= 0.3 is 6.18 Å². The Morgan fingerprint density at radius 1 is 1.13 bits per heavy atom. The molecule has 2 rings (SSSR count). The molecule has 0 saturated carbocycles. The largest absolute Gasteiger partial charge is 0.426 e. The van der Waals surface area contributed by atoms with Crippen LogP contribution in [0.5, 0.6) is 0 Å². The van der Waals surface area contributed by atoms with Crippen LogP contribution in [0.3, 0.4) is 0 Å². The van der Waals surface area contributed by atoms with Gasteiger partial charge in [0.05, 0.1) is 27.0 Å². The molecule has 3 N–H and O–H groups in total. The lowest BCUT2D eigenvalue weighted by molar-refractivity contribution is -0.242. The van der Waals surface area contributed by atoms with Crippen LogP contribution in [-0.4, -0.2) is 37.0 Å². The molecule has 0 saturated heterocycles. The van der Waals surface area contributed by atoms with Crippen molar-refractivity contribution in [1.29, 1.82) is 0 Å². The molecular formula is C19H20ClF3N2O4S. The predicted octanol–water partition coefficient (Wildman–Crippen LogP) is 4.00. The molecule has 1 amide bonds. The minimum absolute atomic E-state index is 0.0631. The van der Waals surface area contributed by atoms with Crippen molar-refractivity contribution in [2.45, 2.75) is 37.1 Å². The third kappa shape index (κ3) is 5.05. The van der Waals surface area contributed by atoms with Gasteiger partial charge in [-0.05, 0) is 24.6 Å². The summed E-state index contributed by atoms with van der Waals surface area (Å²) in [6, 6.07) is 11.1. The number of sulfone groups is 1. The van der Waals surface area contributed by atoms with Gasteiger partial charge in [0.2, 0.25) is 5.60 Å². The quantitative estimate of drug-likeness (QED) is 0.575. The molecule has 11 heteroatoms. The maximum atomic E-state index is 12.9. The summed E-state index contributed by atoms with van der Waals surface area (Å²) in [5.74, 6) is -1.99. The fourth-order valence-corrected chi connectivity index (χ4v) is 3.80. The van der Waals surface area contributed by atoms with Crippen molar-refractivity contribution in [3.8, 4) is 0 Å². The molecule has 2 aromatic rings. The van der Waals surface area contributed by atoms with Crippen LogP contribution in [0.4, 0.5) is 24.5 Å². The summed E-state index contributed by atoms with van der Waals surface area (Å²) in [5.41, 5.74) is -3.21. The first-order valence-corrected chi connectivity index (χ1v) is 10.8. The fraction of sp³-hybridized carbons (Fsp3) is 0.316. The van der Waals surface area contributed by atoms with Gasteiger partial charge in [0.15, 0.2) is 9.84 Å². The number of carbonyl (C=O) groups is 1. The van der Waals surface area contributed by atoms with Gasteiger partial charge in [-0.25, -0.2) is 8.42 Å². The maximum Gasteiger partial charge on any atom is 0.426 e. The molecule has 0 bridgehead atoms. The van der Waals surface area contributed by atoms with Crippen molar-refractivity contribution in [3.05, 3.63) is 53.1 Å². The van der Waals surface area contributed by atoms with Gasteiger partial charge in [-0.15, -0.1) is 0 Å². The summed E-state index contributed by atoms with van der Waals surface area (Å²) in [6.45, 7) is 1.91. The van der Waals surface area contributed by atoms with E-state index >= 15 is 0 Å². The molecule has 0 aliphatic rings. The monoisotopic (exact) mass is 464 g/mol. The van der Waals surface area contributed by atoms with Crippen LogP contribution in [0.25, 0.3) is 0 Å². The van der Waals surface area contributed by atoms with Gasteiger partial charge in [-0.2, -0.15) is 13.2 Å². The Hall–Kier alpha value is -2.30. The molecule has 0 radical (unpaired) electrons. The lowest BCUT2D eigenvalue weighted by Crippen LogP contribution is -2.52. The summed E-state index contributed by atoms with van der Waals surface area (Å²) in [5, 5.41) is 14.0. The van der Waals surface area contributed by atoms with Crippen molar-refractivity contribution in [2.75, 3.05) is 16.4 Å². The highest BCUT2D eigenvalue weighted by molar-refractivity contribution is 7.91. The average molecular weight is 465 g/mol. The zero-order valence-electron chi connectivity index (χ0n) is 16.0. The van der Waals surface area contributed by atoms with E-state index in [2.05, 4.69) is 5.32 Å². The molecule has 2 aromatic carbocycles. The van der Waals surface area contributed by atoms with E-state index in [1.54, 1.807) is 30.3 Å². The van der Waals surface area contributed by atoms with E-state index in [0.717, 1.165) is 17.7 Å². The van der Waals surface area contributed by atoms with Gasteiger partial charge in [-0.1, -0.05) is 48.9 Å². The molecule has 0 fully saturated rings. The van der Waals surface area contributed by atoms with E-state index < -0.39 is 27.5 Å². The lowest BCUT2D eigenvalue weighted by atomic mass is 10.1. The number of aliphatic hydroxyl groups is 1. The third-order valence-corrected chi connectivity index (χ3v) is 6.54. The van der Waals surface area contributed by atoms with E-state index in [-0.39, 0.29) is 33.6 Å². The van der Waals surface area contributed by atoms with Crippen molar-refractivity contribution < 1.29 is 31.5 Å². The Morgan fingerprint density at radius 2 is 1.73 bits per heavy atom. The van der Waals surface area contributed by atoms with Gasteiger partial charge < -0.3 is 15.7 Å². The van der Waals surface area contributed by atoms with E-state index in [4.69, 9.17) is 11.6 Å². The molecule has 30 heavy (non-hydrogen) atoms. The highest BCUT2D eigenvalue weighted by atomic mass is 35.5. The zero-order chi connectivity index (χ0) is 22.7. The Bertz CT molecular complexity index is 1030. The minimum Gasteiger partial charge on any atom is -0.379 e. The topological polar surface area (TPSA) is 95.5 Å². The van der Waals surface area contributed by atoms with Gasteiger partial charge in [0.1, 0.15) is 0 Å². The highest BCUT2D eigenvalue weighted by Gasteiger charge is 2.55. The number of benzene rings is 2. The number of carbonyl (C=O) groups excluding carboxylic acids is 1. The van der Waals surface area contributed by atoms with Crippen LogP contribution in [-0.2, 0) is 21.2 Å². The van der Waals surface area contributed by atoms with Crippen molar-refractivity contribution in [2.24, 2.45) is 0 Å². The van der Waals surface area contributed by atoms with Crippen molar-refractivity contribution in [1.82, 2.24) is 0 Å². The van der Waals surface area contributed by atoms with Crippen LogP contribution in [0.1, 0.15) is 19.4 Å². The maximum absolute atomic E-state index is 12.9. The molecule has 164 valence electrons. The number of halogens is 4. The Balaban J connectivity index is 2.46. The first-order chi connectivity index (χ1) is 13.8. The second kappa shape index (κ2) is 8.83. The standard InChI is InChI=1S/C19H20ClF3N2O4S/c1-3-30(28,29)14-10-9-13(25-17(26)18(2,27)19(21,22)23)15(20)16(14)24-11-12-7-5-4-6-8-12/h4-10,24,27H,3,11H2,1-2H3,(H,25,26). The molecule has 0 spiro atoms. The second-order valence-corrected chi connectivity index (χ2v) is 9.19. The lowest BCUT2D eigenvalue weighted by Gasteiger charge is -2.25. The SMILES string of the molecule is CCS(=O)(=O)c1ccc(NC(=O)C(C)(O)C(F)(F)F)c(Cl)c1NCc1ccccc1. The molecule has 1 unspecified atom stereocenters. The Labute approximate surface area is 177 Å². The van der Waals surface area contributed by atoms with Crippen LogP contribution < -0.4 is 10.6 Å². The molecular weight excluding hydrogens is 445 g/mol. The number of anilines is 2. The smallest absolute Gasteiger partial charge is 0.379 e. The summed E-state index contributed by atoms with van der Waals surface area (Å²) in [7, 11) is -3.74. The van der Waals surface area contributed by atoms with Gasteiger partial charge in [0, 0.05) is 6.54 Å². The molecule has 1 atom stereocenters. The molecule has 0 aliphatic carbocycles. The number of rotatable bonds is 7. The number of nitrogens with one attached hydrogen (secondary N) is 2. The van der Waals surface area contributed by atoms with E-state index in [1.165, 1.54) is 6.92 Å². The number of hydrogen-bond donors (Lipinski definition) is 3. The van der Waals surface area contributed by atoms with Gasteiger partial charge in [-0.3, -0.25) is 4.79 Å². The number of alkyl halides is 3. The Kier molecular flexibility index (Phi) is 7.05. The van der Waals surface area contributed by atoms with E-state index in [0.29, 0.717) is 6.92 Å². The zero-order valence-corrected chi connectivity index (χ0v) is 17.6. The fourth-order valence-electron chi connectivity index (χ4n) is 2.39. The third-order valence-electron chi connectivity index (χ3n) is 4.37. The first kappa shape index (κ1) is 24.0. The number of amides is 1. The predicted molar refractivity (Wildman–Crippen MR) is 108 cm³/mol. The molecule has 0 aromatic heterocycles. The summed E-state index contributed by atoms with van der Waals surface area (Å²) in [6.07, 6.45) is -5.22.